The second-order valence-electron chi connectivity index (χ2n) is 4.94. The van der Waals surface area contributed by atoms with E-state index in [-0.39, 0.29) is 17.9 Å². The van der Waals surface area contributed by atoms with Crippen LogP contribution in [0.1, 0.15) is 6.92 Å². The molecule has 1 aromatic rings. The van der Waals surface area contributed by atoms with Crippen molar-refractivity contribution in [1.29, 1.82) is 0 Å². The van der Waals surface area contributed by atoms with E-state index in [2.05, 4.69) is 12.2 Å². The highest BCUT2D eigenvalue weighted by Gasteiger charge is 2.33. The summed E-state index contributed by atoms with van der Waals surface area (Å²) in [6, 6.07) is 4.87. The van der Waals surface area contributed by atoms with E-state index in [1.807, 2.05) is 0 Å². The van der Waals surface area contributed by atoms with Gasteiger partial charge in [0.2, 0.25) is 0 Å². The van der Waals surface area contributed by atoms with Crippen molar-refractivity contribution in [1.82, 2.24) is 5.32 Å². The van der Waals surface area contributed by atoms with E-state index in [9.17, 15) is 4.79 Å². The average Bonchev–Trinajstić information content (AvgIpc) is 2.35. The Morgan fingerprint density at radius 1 is 1.47 bits per heavy atom. The summed E-state index contributed by atoms with van der Waals surface area (Å²) < 4.78 is 10.5. The lowest BCUT2D eigenvalue weighted by atomic mass is 9.89. The van der Waals surface area contributed by atoms with Crippen LogP contribution in [0.25, 0.3) is 0 Å². The molecule has 1 N–H and O–H groups in total. The van der Waals surface area contributed by atoms with E-state index in [1.54, 1.807) is 18.2 Å². The van der Waals surface area contributed by atoms with Gasteiger partial charge in [-0.2, -0.15) is 0 Å². The topological polar surface area (TPSA) is 47.6 Å². The van der Waals surface area contributed by atoms with Crippen LogP contribution >= 0.6 is 23.2 Å². The number of rotatable bonds is 5. The van der Waals surface area contributed by atoms with Gasteiger partial charge in [0.15, 0.2) is 6.61 Å². The zero-order valence-electron chi connectivity index (χ0n) is 10.5. The second kappa shape index (κ2) is 5.99. The van der Waals surface area contributed by atoms with Crippen LogP contribution in [0.2, 0.25) is 10.0 Å². The van der Waals surface area contributed by atoms with Crippen molar-refractivity contribution < 1.29 is 14.3 Å². The van der Waals surface area contributed by atoms with E-state index in [0.29, 0.717) is 35.6 Å². The molecular weight excluding hydrogens is 289 g/mol. The SMILES string of the molecule is CC1(CNC(=O)COc2cc(Cl)ccc2Cl)COC1. The van der Waals surface area contributed by atoms with Crippen LogP contribution in [0.3, 0.4) is 0 Å². The third-order valence-corrected chi connectivity index (χ3v) is 3.41. The van der Waals surface area contributed by atoms with Crippen LogP contribution in [0.5, 0.6) is 5.75 Å². The Hall–Kier alpha value is -0.970. The molecule has 0 atom stereocenters. The Labute approximate surface area is 122 Å². The first-order valence-corrected chi connectivity index (χ1v) is 6.66. The first-order valence-electron chi connectivity index (χ1n) is 5.91. The van der Waals surface area contributed by atoms with Gasteiger partial charge in [0.1, 0.15) is 5.75 Å². The van der Waals surface area contributed by atoms with Gasteiger partial charge in [-0.15, -0.1) is 0 Å². The summed E-state index contributed by atoms with van der Waals surface area (Å²) in [4.78, 5) is 11.6. The molecule has 6 heteroatoms. The van der Waals surface area contributed by atoms with Crippen molar-refractivity contribution in [2.24, 2.45) is 5.41 Å². The van der Waals surface area contributed by atoms with Crippen molar-refractivity contribution >= 4 is 29.1 Å². The third kappa shape index (κ3) is 4.00. The first-order chi connectivity index (χ1) is 8.98. The molecule has 1 amide bonds. The predicted molar refractivity (Wildman–Crippen MR) is 73.9 cm³/mol. The lowest BCUT2D eigenvalue weighted by Crippen LogP contribution is -2.49. The smallest absolute Gasteiger partial charge is 0.257 e. The molecule has 0 aliphatic carbocycles. The summed E-state index contributed by atoms with van der Waals surface area (Å²) in [5, 5.41) is 3.75. The lowest BCUT2D eigenvalue weighted by molar-refractivity contribution is -0.128. The van der Waals surface area contributed by atoms with Crippen molar-refractivity contribution in [3.05, 3.63) is 28.2 Å². The van der Waals surface area contributed by atoms with Crippen LogP contribution in [0.15, 0.2) is 18.2 Å². The van der Waals surface area contributed by atoms with E-state index in [1.165, 1.54) is 0 Å². The molecule has 0 unspecified atom stereocenters. The fourth-order valence-corrected chi connectivity index (χ4v) is 1.98. The number of ether oxygens (including phenoxy) is 2. The summed E-state index contributed by atoms with van der Waals surface area (Å²) >= 11 is 11.8. The minimum atomic E-state index is -0.191. The van der Waals surface area contributed by atoms with Crippen LogP contribution in [-0.2, 0) is 9.53 Å². The molecule has 0 aromatic heterocycles. The fraction of sp³-hybridized carbons (Fsp3) is 0.462. The number of carbonyl (C=O) groups excluding carboxylic acids is 1. The van der Waals surface area contributed by atoms with E-state index < -0.39 is 0 Å². The maximum atomic E-state index is 11.6. The Balaban J connectivity index is 1.78. The summed E-state index contributed by atoms with van der Waals surface area (Å²) in [6.45, 7) is 3.91. The fourth-order valence-electron chi connectivity index (χ4n) is 1.65. The van der Waals surface area contributed by atoms with E-state index in [4.69, 9.17) is 32.7 Å². The number of hydrogen-bond donors (Lipinski definition) is 1. The standard InChI is InChI=1S/C13H15Cl2NO3/c1-13(7-18-8-13)6-16-12(17)5-19-11-4-9(14)2-3-10(11)15/h2-4H,5-8H2,1H3,(H,16,17). The lowest BCUT2D eigenvalue weighted by Gasteiger charge is -2.37. The maximum absolute atomic E-state index is 11.6. The molecule has 19 heavy (non-hydrogen) atoms. The molecule has 0 spiro atoms. The molecule has 0 radical (unpaired) electrons. The molecule has 1 heterocycles. The number of benzene rings is 1. The number of halogens is 2. The zero-order valence-corrected chi connectivity index (χ0v) is 12.1. The van der Waals surface area contributed by atoms with Gasteiger partial charge in [0.25, 0.3) is 5.91 Å². The van der Waals surface area contributed by atoms with E-state index in [0.717, 1.165) is 0 Å². The quantitative estimate of drug-likeness (QED) is 0.909. The zero-order chi connectivity index (χ0) is 13.9. The Morgan fingerprint density at radius 3 is 2.84 bits per heavy atom. The molecule has 0 saturated carbocycles. The molecule has 1 aromatic carbocycles. The van der Waals surface area contributed by atoms with Crippen molar-refractivity contribution in [2.75, 3.05) is 26.4 Å². The van der Waals surface area contributed by atoms with Crippen LogP contribution in [-0.4, -0.2) is 32.3 Å². The van der Waals surface area contributed by atoms with Crippen LogP contribution < -0.4 is 10.1 Å². The Kier molecular flexibility index (Phi) is 4.55. The second-order valence-corrected chi connectivity index (χ2v) is 5.79. The molecule has 1 saturated heterocycles. The predicted octanol–water partition coefficient (Wildman–Crippen LogP) is 2.52. The minimum Gasteiger partial charge on any atom is -0.482 e. The summed E-state index contributed by atoms with van der Waals surface area (Å²) in [5.74, 6) is 0.215. The third-order valence-electron chi connectivity index (χ3n) is 2.87. The summed E-state index contributed by atoms with van der Waals surface area (Å²) in [5.41, 5.74) is 0.0450. The average molecular weight is 304 g/mol. The largest absolute Gasteiger partial charge is 0.482 e. The highest BCUT2D eigenvalue weighted by molar-refractivity contribution is 6.34. The van der Waals surface area contributed by atoms with E-state index >= 15 is 0 Å². The highest BCUT2D eigenvalue weighted by Crippen LogP contribution is 2.27. The van der Waals surface area contributed by atoms with Crippen molar-refractivity contribution in [3.8, 4) is 5.75 Å². The van der Waals surface area contributed by atoms with Gasteiger partial charge in [-0.05, 0) is 12.1 Å². The van der Waals surface area contributed by atoms with Crippen molar-refractivity contribution in [3.63, 3.8) is 0 Å². The number of nitrogens with one attached hydrogen (secondary N) is 1. The van der Waals surface area contributed by atoms with Gasteiger partial charge >= 0.3 is 0 Å². The normalized spacial score (nSPS) is 16.6. The molecule has 104 valence electrons. The summed E-state index contributed by atoms with van der Waals surface area (Å²) in [7, 11) is 0. The van der Waals surface area contributed by atoms with Crippen molar-refractivity contribution in [2.45, 2.75) is 6.92 Å². The summed E-state index contributed by atoms with van der Waals surface area (Å²) in [6.07, 6.45) is 0. The van der Waals surface area contributed by atoms with Gasteiger partial charge in [0, 0.05) is 23.0 Å². The monoisotopic (exact) mass is 303 g/mol. The molecular formula is C13H15Cl2NO3. The first kappa shape index (κ1) is 14.4. The van der Waals surface area contributed by atoms with Crippen LogP contribution in [0, 0.1) is 5.41 Å². The number of hydrogen-bond acceptors (Lipinski definition) is 3. The van der Waals surface area contributed by atoms with Gasteiger partial charge < -0.3 is 14.8 Å². The Morgan fingerprint density at radius 2 is 2.21 bits per heavy atom. The number of carbonyl (C=O) groups is 1. The van der Waals surface area contributed by atoms with Gasteiger partial charge in [-0.1, -0.05) is 30.1 Å². The minimum absolute atomic E-state index is 0.0450. The maximum Gasteiger partial charge on any atom is 0.257 e. The molecule has 1 aliphatic rings. The number of amides is 1. The highest BCUT2D eigenvalue weighted by atomic mass is 35.5. The molecule has 4 nitrogen and oxygen atoms in total. The molecule has 1 aliphatic heterocycles. The molecule has 1 fully saturated rings. The molecule has 2 rings (SSSR count). The van der Waals surface area contributed by atoms with Crippen LogP contribution in [0.4, 0.5) is 0 Å². The van der Waals surface area contributed by atoms with Gasteiger partial charge in [-0.3, -0.25) is 4.79 Å². The molecule has 0 bridgehead atoms. The van der Waals surface area contributed by atoms with Gasteiger partial charge in [-0.25, -0.2) is 0 Å². The Bertz CT molecular complexity index is 475. The van der Waals surface area contributed by atoms with Gasteiger partial charge in [0.05, 0.1) is 18.2 Å².